The van der Waals surface area contributed by atoms with E-state index < -0.39 is 0 Å². The lowest BCUT2D eigenvalue weighted by Crippen LogP contribution is -2.34. The van der Waals surface area contributed by atoms with Gasteiger partial charge in [0.05, 0.1) is 6.54 Å². The minimum Gasteiger partial charge on any atom is -0.465 e. The fourth-order valence-corrected chi connectivity index (χ4v) is 2.03. The summed E-state index contributed by atoms with van der Waals surface area (Å²) in [4.78, 5) is 2.38. The van der Waals surface area contributed by atoms with Crippen molar-refractivity contribution < 1.29 is 4.42 Å². The van der Waals surface area contributed by atoms with Gasteiger partial charge in [-0.25, -0.2) is 0 Å². The monoisotopic (exact) mass is 278 g/mol. The van der Waals surface area contributed by atoms with E-state index in [1.54, 1.807) is 0 Å². The second kappa shape index (κ2) is 7.09. The summed E-state index contributed by atoms with van der Waals surface area (Å²) in [6.07, 6.45) is 1.96. The lowest BCUT2D eigenvalue weighted by atomic mass is 10.1. The standard InChI is InChI=1S/C17H30N2O/c1-8-9-19(13(2)3)12-15-10-16(20-14(15)4)11-18-17(5,6)7/h8,10,13,18H,1,9,11-12H2,2-7H3. The van der Waals surface area contributed by atoms with Gasteiger partial charge in [-0.1, -0.05) is 6.08 Å². The summed E-state index contributed by atoms with van der Waals surface area (Å²) in [6, 6.07) is 2.67. The van der Waals surface area contributed by atoms with E-state index in [0.717, 1.165) is 31.2 Å². The van der Waals surface area contributed by atoms with Crippen molar-refractivity contribution in [2.75, 3.05) is 6.54 Å². The van der Waals surface area contributed by atoms with Crippen LogP contribution in [-0.2, 0) is 13.1 Å². The number of furan rings is 1. The number of nitrogens with zero attached hydrogens (tertiary/aromatic N) is 1. The normalized spacial score (nSPS) is 12.4. The van der Waals surface area contributed by atoms with Crippen molar-refractivity contribution >= 4 is 0 Å². The molecule has 1 aromatic rings. The quantitative estimate of drug-likeness (QED) is 0.767. The second-order valence-corrected chi connectivity index (χ2v) is 6.71. The Morgan fingerprint density at radius 2 is 2.05 bits per heavy atom. The molecule has 1 N–H and O–H groups in total. The molecule has 0 atom stereocenters. The SMILES string of the molecule is C=CCN(Cc1cc(CNC(C)(C)C)oc1C)C(C)C. The summed E-state index contributed by atoms with van der Waals surface area (Å²) in [5.41, 5.74) is 1.37. The molecule has 0 aliphatic carbocycles. The van der Waals surface area contributed by atoms with Gasteiger partial charge in [0.25, 0.3) is 0 Å². The van der Waals surface area contributed by atoms with Crippen LogP contribution in [0.25, 0.3) is 0 Å². The third-order valence-corrected chi connectivity index (χ3v) is 3.33. The average molecular weight is 278 g/mol. The molecule has 1 aromatic heterocycles. The Morgan fingerprint density at radius 1 is 1.40 bits per heavy atom. The van der Waals surface area contributed by atoms with Crippen molar-refractivity contribution in [3.05, 3.63) is 35.8 Å². The maximum absolute atomic E-state index is 5.85. The van der Waals surface area contributed by atoms with Crippen molar-refractivity contribution in [1.82, 2.24) is 10.2 Å². The molecular formula is C17H30N2O. The number of rotatable bonds is 7. The van der Waals surface area contributed by atoms with Gasteiger partial charge in [-0.2, -0.15) is 0 Å². The van der Waals surface area contributed by atoms with Crippen LogP contribution < -0.4 is 5.32 Å². The molecule has 114 valence electrons. The van der Waals surface area contributed by atoms with Gasteiger partial charge in [-0.05, 0) is 47.6 Å². The molecule has 0 bridgehead atoms. The molecule has 20 heavy (non-hydrogen) atoms. The highest BCUT2D eigenvalue weighted by atomic mass is 16.3. The third-order valence-electron chi connectivity index (χ3n) is 3.33. The van der Waals surface area contributed by atoms with Crippen LogP contribution in [0.2, 0.25) is 0 Å². The molecular weight excluding hydrogens is 248 g/mol. The number of hydrogen-bond donors (Lipinski definition) is 1. The minimum atomic E-state index is 0.105. The van der Waals surface area contributed by atoms with Crippen LogP contribution >= 0.6 is 0 Å². The molecule has 0 radical (unpaired) electrons. The van der Waals surface area contributed by atoms with Crippen molar-refractivity contribution in [2.24, 2.45) is 0 Å². The zero-order valence-electron chi connectivity index (χ0n) is 13.9. The first kappa shape index (κ1) is 17.0. The van der Waals surface area contributed by atoms with Crippen LogP contribution in [0.3, 0.4) is 0 Å². The van der Waals surface area contributed by atoms with Gasteiger partial charge in [0.15, 0.2) is 0 Å². The van der Waals surface area contributed by atoms with Crippen LogP contribution in [0.4, 0.5) is 0 Å². The molecule has 0 aliphatic heterocycles. The van der Waals surface area contributed by atoms with Gasteiger partial charge < -0.3 is 9.73 Å². The molecule has 0 saturated carbocycles. The maximum atomic E-state index is 5.85. The van der Waals surface area contributed by atoms with Gasteiger partial charge in [0, 0.05) is 30.2 Å². The summed E-state index contributed by atoms with van der Waals surface area (Å²) in [5.74, 6) is 2.03. The molecule has 3 nitrogen and oxygen atoms in total. The first-order valence-corrected chi connectivity index (χ1v) is 7.41. The van der Waals surface area contributed by atoms with Crippen LogP contribution in [-0.4, -0.2) is 23.0 Å². The topological polar surface area (TPSA) is 28.4 Å². The van der Waals surface area contributed by atoms with Gasteiger partial charge in [0.1, 0.15) is 11.5 Å². The molecule has 3 heteroatoms. The minimum absolute atomic E-state index is 0.105. The van der Waals surface area contributed by atoms with E-state index in [0.29, 0.717) is 6.04 Å². The lowest BCUT2D eigenvalue weighted by molar-refractivity contribution is 0.236. The Morgan fingerprint density at radius 3 is 2.55 bits per heavy atom. The van der Waals surface area contributed by atoms with Crippen molar-refractivity contribution in [1.29, 1.82) is 0 Å². The van der Waals surface area contributed by atoms with Gasteiger partial charge in [0.2, 0.25) is 0 Å². The molecule has 0 aliphatic rings. The number of aryl methyl sites for hydroxylation is 1. The summed E-state index contributed by atoms with van der Waals surface area (Å²) >= 11 is 0. The van der Waals surface area contributed by atoms with Crippen LogP contribution in [0.5, 0.6) is 0 Å². The van der Waals surface area contributed by atoms with E-state index in [4.69, 9.17) is 4.42 Å². The molecule has 0 unspecified atom stereocenters. The Labute approximate surface area is 124 Å². The van der Waals surface area contributed by atoms with Crippen molar-refractivity contribution in [2.45, 2.75) is 66.2 Å². The van der Waals surface area contributed by atoms with E-state index in [1.165, 1.54) is 5.56 Å². The summed E-state index contributed by atoms with van der Waals surface area (Å²) in [7, 11) is 0. The molecule has 0 fully saturated rings. The Kier molecular flexibility index (Phi) is 6.03. The second-order valence-electron chi connectivity index (χ2n) is 6.71. The van der Waals surface area contributed by atoms with Crippen molar-refractivity contribution in [3.63, 3.8) is 0 Å². The molecule has 0 spiro atoms. The Hall–Kier alpha value is -1.06. The molecule has 0 saturated heterocycles. The fourth-order valence-electron chi connectivity index (χ4n) is 2.03. The highest BCUT2D eigenvalue weighted by molar-refractivity contribution is 5.21. The zero-order chi connectivity index (χ0) is 15.3. The predicted octanol–water partition coefficient (Wildman–Crippen LogP) is 3.87. The first-order valence-electron chi connectivity index (χ1n) is 7.41. The molecule has 0 aromatic carbocycles. The highest BCUT2D eigenvalue weighted by Crippen LogP contribution is 2.18. The van der Waals surface area contributed by atoms with Crippen LogP contribution in [0, 0.1) is 6.92 Å². The molecule has 0 amide bonds. The molecule has 1 rings (SSSR count). The average Bonchev–Trinajstić information content (AvgIpc) is 2.66. The van der Waals surface area contributed by atoms with E-state index in [1.807, 2.05) is 13.0 Å². The largest absolute Gasteiger partial charge is 0.465 e. The third kappa shape index (κ3) is 5.51. The number of nitrogens with one attached hydrogen (secondary N) is 1. The predicted molar refractivity (Wildman–Crippen MR) is 85.8 cm³/mol. The summed E-state index contributed by atoms with van der Waals surface area (Å²) in [6.45, 7) is 19.4. The van der Waals surface area contributed by atoms with E-state index in [-0.39, 0.29) is 5.54 Å². The van der Waals surface area contributed by atoms with E-state index >= 15 is 0 Å². The smallest absolute Gasteiger partial charge is 0.118 e. The van der Waals surface area contributed by atoms with Gasteiger partial charge in [-0.15, -0.1) is 6.58 Å². The zero-order valence-corrected chi connectivity index (χ0v) is 13.9. The maximum Gasteiger partial charge on any atom is 0.118 e. The highest BCUT2D eigenvalue weighted by Gasteiger charge is 2.15. The van der Waals surface area contributed by atoms with Crippen LogP contribution in [0.15, 0.2) is 23.1 Å². The summed E-state index contributed by atoms with van der Waals surface area (Å²) in [5, 5.41) is 3.46. The Balaban J connectivity index is 2.71. The lowest BCUT2D eigenvalue weighted by Gasteiger charge is -2.24. The Bertz CT molecular complexity index is 427. The van der Waals surface area contributed by atoms with Crippen LogP contribution in [0.1, 0.15) is 51.7 Å². The molecule has 1 heterocycles. The fraction of sp³-hybridized carbons (Fsp3) is 0.647. The van der Waals surface area contributed by atoms with Gasteiger partial charge in [-0.3, -0.25) is 4.90 Å². The first-order chi connectivity index (χ1) is 9.23. The number of hydrogen-bond acceptors (Lipinski definition) is 3. The summed E-state index contributed by atoms with van der Waals surface area (Å²) < 4.78 is 5.85. The van der Waals surface area contributed by atoms with E-state index in [2.05, 4.69) is 57.5 Å². The van der Waals surface area contributed by atoms with Crippen molar-refractivity contribution in [3.8, 4) is 0 Å². The van der Waals surface area contributed by atoms with E-state index in [9.17, 15) is 0 Å². The van der Waals surface area contributed by atoms with Gasteiger partial charge >= 0.3 is 0 Å².